The molecule has 0 saturated carbocycles. The molecule has 0 fully saturated rings. The molecule has 0 saturated heterocycles. The second kappa shape index (κ2) is 4.74. The largest absolute Gasteiger partial charge is 0.467 e. The summed E-state index contributed by atoms with van der Waals surface area (Å²) >= 11 is 0. The van der Waals surface area contributed by atoms with Gasteiger partial charge in [-0.15, -0.1) is 0 Å². The summed E-state index contributed by atoms with van der Waals surface area (Å²) in [5, 5.41) is 0. The van der Waals surface area contributed by atoms with Crippen molar-refractivity contribution in [2.24, 2.45) is 0 Å². The fourth-order valence-electron chi connectivity index (χ4n) is 1.48. The zero-order valence-corrected chi connectivity index (χ0v) is 9.68. The molecule has 0 bridgehead atoms. The van der Waals surface area contributed by atoms with Crippen LogP contribution in [0, 0.1) is 0 Å². The predicted octanol–water partition coefficient (Wildman–Crippen LogP) is 2.35. The van der Waals surface area contributed by atoms with Crippen molar-refractivity contribution < 1.29 is 9.53 Å². The molecule has 0 aliphatic heterocycles. The summed E-state index contributed by atoms with van der Waals surface area (Å²) in [6.45, 7) is 1.54. The minimum absolute atomic E-state index is 0.0526. The Hall–Kier alpha value is -2.23. The van der Waals surface area contributed by atoms with Crippen LogP contribution in [0.25, 0.3) is 11.3 Å². The van der Waals surface area contributed by atoms with Crippen molar-refractivity contribution in [2.75, 3.05) is 7.11 Å². The van der Waals surface area contributed by atoms with Crippen LogP contribution in [-0.2, 0) is 0 Å². The number of carbonyl (C=O) groups is 1. The minimum atomic E-state index is 0.0526. The quantitative estimate of drug-likeness (QED) is 0.757. The molecular formula is C13H12N2O2. The number of ether oxygens (including phenoxy) is 1. The summed E-state index contributed by atoms with van der Waals surface area (Å²) in [4.78, 5) is 19.3. The molecule has 1 aromatic heterocycles. The molecule has 0 aliphatic carbocycles. The SMILES string of the molecule is COc1nccc(-c2ccc(C(C)=O)cc2)n1. The maximum atomic E-state index is 11.1. The maximum Gasteiger partial charge on any atom is 0.316 e. The first-order valence-corrected chi connectivity index (χ1v) is 5.19. The summed E-state index contributed by atoms with van der Waals surface area (Å²) in [6, 6.07) is 9.42. The number of ketones is 1. The molecule has 4 heteroatoms. The van der Waals surface area contributed by atoms with Crippen LogP contribution in [-0.4, -0.2) is 22.9 Å². The van der Waals surface area contributed by atoms with Crippen molar-refractivity contribution in [1.82, 2.24) is 9.97 Å². The Bertz CT molecular complexity index is 535. The van der Waals surface area contributed by atoms with E-state index in [1.165, 1.54) is 7.11 Å². The van der Waals surface area contributed by atoms with E-state index in [0.717, 1.165) is 11.3 Å². The van der Waals surface area contributed by atoms with Gasteiger partial charge in [-0.25, -0.2) is 4.98 Å². The van der Waals surface area contributed by atoms with E-state index in [0.29, 0.717) is 11.6 Å². The fraction of sp³-hybridized carbons (Fsp3) is 0.154. The Morgan fingerprint density at radius 1 is 1.18 bits per heavy atom. The maximum absolute atomic E-state index is 11.1. The number of nitrogens with zero attached hydrogens (tertiary/aromatic N) is 2. The Morgan fingerprint density at radius 2 is 1.88 bits per heavy atom. The first-order valence-electron chi connectivity index (χ1n) is 5.19. The van der Waals surface area contributed by atoms with E-state index < -0.39 is 0 Å². The van der Waals surface area contributed by atoms with Gasteiger partial charge in [-0.05, 0) is 13.0 Å². The third kappa shape index (κ3) is 2.47. The Labute approximate surface area is 99.3 Å². The Kier molecular flexibility index (Phi) is 3.14. The highest BCUT2D eigenvalue weighted by atomic mass is 16.5. The van der Waals surface area contributed by atoms with Crippen molar-refractivity contribution in [2.45, 2.75) is 6.92 Å². The van der Waals surface area contributed by atoms with Crippen molar-refractivity contribution in [1.29, 1.82) is 0 Å². The van der Waals surface area contributed by atoms with Gasteiger partial charge < -0.3 is 4.74 Å². The molecule has 86 valence electrons. The number of methoxy groups -OCH3 is 1. The van der Waals surface area contributed by atoms with Crippen molar-refractivity contribution >= 4 is 5.78 Å². The van der Waals surface area contributed by atoms with Crippen molar-refractivity contribution in [3.8, 4) is 17.3 Å². The van der Waals surface area contributed by atoms with Crippen LogP contribution in [0.15, 0.2) is 36.5 Å². The molecule has 4 nitrogen and oxygen atoms in total. The first-order chi connectivity index (χ1) is 8.20. The van der Waals surface area contributed by atoms with Crippen molar-refractivity contribution in [3.05, 3.63) is 42.1 Å². The summed E-state index contributed by atoms with van der Waals surface area (Å²) in [5.74, 6) is 0.0526. The third-order valence-electron chi connectivity index (χ3n) is 2.40. The molecule has 0 aliphatic rings. The van der Waals surface area contributed by atoms with E-state index in [2.05, 4.69) is 9.97 Å². The van der Waals surface area contributed by atoms with E-state index >= 15 is 0 Å². The normalized spacial score (nSPS) is 10.0. The van der Waals surface area contributed by atoms with Gasteiger partial charge in [0.2, 0.25) is 0 Å². The number of Topliss-reactive ketones (excluding diaryl/α,β-unsaturated/α-hetero) is 1. The van der Waals surface area contributed by atoms with Gasteiger partial charge >= 0.3 is 6.01 Å². The van der Waals surface area contributed by atoms with Gasteiger partial charge in [0.05, 0.1) is 12.8 Å². The van der Waals surface area contributed by atoms with E-state index in [1.807, 2.05) is 12.1 Å². The highest BCUT2D eigenvalue weighted by Crippen LogP contribution is 2.18. The Balaban J connectivity index is 2.36. The smallest absolute Gasteiger partial charge is 0.316 e. The molecule has 1 heterocycles. The summed E-state index contributed by atoms with van der Waals surface area (Å²) in [6.07, 6.45) is 1.64. The van der Waals surface area contributed by atoms with E-state index in [4.69, 9.17) is 4.74 Å². The van der Waals surface area contributed by atoms with Crippen LogP contribution < -0.4 is 4.74 Å². The summed E-state index contributed by atoms with van der Waals surface area (Å²) < 4.78 is 4.96. The topological polar surface area (TPSA) is 52.1 Å². The molecule has 0 N–H and O–H groups in total. The second-order valence-electron chi connectivity index (χ2n) is 3.56. The van der Waals surface area contributed by atoms with Crippen LogP contribution in [0.5, 0.6) is 6.01 Å². The fourth-order valence-corrected chi connectivity index (χ4v) is 1.48. The zero-order valence-electron chi connectivity index (χ0n) is 9.68. The number of hydrogen-bond donors (Lipinski definition) is 0. The van der Waals surface area contributed by atoms with Crippen molar-refractivity contribution in [3.63, 3.8) is 0 Å². The molecule has 0 unspecified atom stereocenters. The summed E-state index contributed by atoms with van der Waals surface area (Å²) in [7, 11) is 1.53. The van der Waals surface area contributed by atoms with Gasteiger partial charge in [0.1, 0.15) is 0 Å². The number of rotatable bonds is 3. The zero-order chi connectivity index (χ0) is 12.3. The van der Waals surface area contributed by atoms with Gasteiger partial charge in [0, 0.05) is 17.3 Å². The molecule has 0 spiro atoms. The predicted molar refractivity (Wildman–Crippen MR) is 64.0 cm³/mol. The molecule has 2 aromatic rings. The molecule has 0 atom stereocenters. The monoisotopic (exact) mass is 228 g/mol. The molecule has 0 radical (unpaired) electrons. The number of hydrogen-bond acceptors (Lipinski definition) is 4. The minimum Gasteiger partial charge on any atom is -0.467 e. The van der Waals surface area contributed by atoms with Crippen LogP contribution in [0.3, 0.4) is 0 Å². The molecule has 1 aromatic carbocycles. The first kappa shape index (κ1) is 11.3. The molecule has 0 amide bonds. The standard InChI is InChI=1S/C13H12N2O2/c1-9(16)10-3-5-11(6-4-10)12-7-8-14-13(15-12)17-2/h3-8H,1-2H3. The van der Waals surface area contributed by atoms with Gasteiger partial charge in [0.25, 0.3) is 0 Å². The average Bonchev–Trinajstić information content (AvgIpc) is 2.39. The van der Waals surface area contributed by atoms with E-state index in [-0.39, 0.29) is 5.78 Å². The highest BCUT2D eigenvalue weighted by Gasteiger charge is 2.03. The molecule has 17 heavy (non-hydrogen) atoms. The van der Waals surface area contributed by atoms with Gasteiger partial charge in [-0.1, -0.05) is 24.3 Å². The average molecular weight is 228 g/mol. The van der Waals surface area contributed by atoms with Crippen LogP contribution in [0.1, 0.15) is 17.3 Å². The lowest BCUT2D eigenvalue weighted by Crippen LogP contribution is -1.94. The lowest BCUT2D eigenvalue weighted by Gasteiger charge is -2.03. The van der Waals surface area contributed by atoms with E-state index in [9.17, 15) is 4.79 Å². The highest BCUT2D eigenvalue weighted by molar-refractivity contribution is 5.94. The number of carbonyl (C=O) groups excluding carboxylic acids is 1. The lowest BCUT2D eigenvalue weighted by atomic mass is 10.1. The summed E-state index contributed by atoms with van der Waals surface area (Å²) in [5.41, 5.74) is 2.39. The lowest BCUT2D eigenvalue weighted by molar-refractivity contribution is 0.101. The molecule has 2 rings (SSSR count). The number of aromatic nitrogens is 2. The Morgan fingerprint density at radius 3 is 2.47 bits per heavy atom. The van der Waals surface area contributed by atoms with Gasteiger partial charge in [0.15, 0.2) is 5.78 Å². The van der Waals surface area contributed by atoms with E-state index in [1.54, 1.807) is 31.3 Å². The third-order valence-corrected chi connectivity index (χ3v) is 2.40. The van der Waals surface area contributed by atoms with Crippen LogP contribution in [0.4, 0.5) is 0 Å². The molecular weight excluding hydrogens is 216 g/mol. The second-order valence-corrected chi connectivity index (χ2v) is 3.56. The van der Waals surface area contributed by atoms with Gasteiger partial charge in [-0.3, -0.25) is 4.79 Å². The van der Waals surface area contributed by atoms with Crippen LogP contribution >= 0.6 is 0 Å². The van der Waals surface area contributed by atoms with Crippen LogP contribution in [0.2, 0.25) is 0 Å². The number of benzene rings is 1. The van der Waals surface area contributed by atoms with Gasteiger partial charge in [-0.2, -0.15) is 4.98 Å².